The largest absolute Gasteiger partial charge is 0.497 e. The Balaban J connectivity index is 1.35. The molecule has 0 unspecified atom stereocenters. The molecule has 0 N–H and O–H groups in total. The predicted molar refractivity (Wildman–Crippen MR) is 171 cm³/mol. The van der Waals surface area contributed by atoms with E-state index in [0.717, 1.165) is 55.6 Å². The molecule has 0 atom stereocenters. The van der Waals surface area contributed by atoms with E-state index in [9.17, 15) is 0 Å². The van der Waals surface area contributed by atoms with E-state index in [1.165, 1.54) is 0 Å². The average molecular weight is 539 g/mol. The molecule has 0 fully saturated rings. The highest BCUT2D eigenvalue weighted by Gasteiger charge is 2.03. The molecule has 0 radical (unpaired) electrons. The molecular formula is C40H26O2. The summed E-state index contributed by atoms with van der Waals surface area (Å²) >= 11 is 0. The fourth-order valence-corrected chi connectivity index (χ4v) is 4.44. The predicted octanol–water partition coefficient (Wildman–Crippen LogP) is 7.80. The van der Waals surface area contributed by atoms with Gasteiger partial charge in [0.2, 0.25) is 0 Å². The van der Waals surface area contributed by atoms with Crippen LogP contribution in [0, 0.1) is 48.4 Å². The van der Waals surface area contributed by atoms with E-state index in [-0.39, 0.29) is 0 Å². The maximum Gasteiger partial charge on any atom is 0.121 e. The van der Waals surface area contributed by atoms with Gasteiger partial charge in [-0.15, -0.1) is 12.8 Å². The van der Waals surface area contributed by atoms with E-state index < -0.39 is 0 Å². The average Bonchev–Trinajstić information content (AvgIpc) is 3.06. The Hall–Kier alpha value is -6.06. The van der Waals surface area contributed by atoms with Crippen LogP contribution in [0.4, 0.5) is 0 Å². The molecule has 0 saturated carbocycles. The summed E-state index contributed by atoms with van der Waals surface area (Å²) < 4.78 is 10.7. The molecule has 5 aromatic carbocycles. The third-order valence-electron chi connectivity index (χ3n) is 6.60. The zero-order valence-electron chi connectivity index (χ0n) is 23.4. The van der Waals surface area contributed by atoms with Gasteiger partial charge in [0.1, 0.15) is 11.5 Å². The van der Waals surface area contributed by atoms with Crippen LogP contribution in [0.5, 0.6) is 11.5 Å². The van der Waals surface area contributed by atoms with E-state index in [4.69, 9.17) is 22.3 Å². The second kappa shape index (κ2) is 12.9. The molecule has 0 aliphatic carbocycles. The van der Waals surface area contributed by atoms with Crippen molar-refractivity contribution in [1.29, 1.82) is 0 Å². The minimum Gasteiger partial charge on any atom is -0.497 e. The van der Waals surface area contributed by atoms with Gasteiger partial charge in [0, 0.05) is 33.4 Å². The topological polar surface area (TPSA) is 18.5 Å². The SMILES string of the molecule is C#Cc1cc(C#Cc2cccc(-c3ccc(-c4cccc(C#Cc5cc(C#C)cc(OC)c5)c4)cc3)c2)cc(OC)c1. The fraction of sp³-hybridized carbons (Fsp3) is 0.0500. The summed E-state index contributed by atoms with van der Waals surface area (Å²) in [7, 11) is 3.24. The number of methoxy groups -OCH3 is 2. The molecular weight excluding hydrogens is 512 g/mol. The molecule has 0 aliphatic heterocycles. The molecule has 0 bridgehead atoms. The molecule has 5 aromatic rings. The first-order chi connectivity index (χ1) is 20.6. The maximum absolute atomic E-state index is 5.57. The monoisotopic (exact) mass is 538 g/mol. The maximum atomic E-state index is 5.57. The smallest absolute Gasteiger partial charge is 0.121 e. The van der Waals surface area contributed by atoms with Gasteiger partial charge < -0.3 is 9.47 Å². The summed E-state index contributed by atoms with van der Waals surface area (Å²) in [5, 5.41) is 0. The van der Waals surface area contributed by atoms with Gasteiger partial charge in [-0.3, -0.25) is 0 Å². The van der Waals surface area contributed by atoms with Gasteiger partial charge in [-0.2, -0.15) is 0 Å². The third kappa shape index (κ3) is 6.74. The normalized spacial score (nSPS) is 9.71. The summed E-state index contributed by atoms with van der Waals surface area (Å²) in [6, 6.07) is 36.0. The van der Waals surface area contributed by atoms with E-state index in [1.807, 2.05) is 60.7 Å². The van der Waals surface area contributed by atoms with Crippen LogP contribution >= 0.6 is 0 Å². The molecule has 0 heterocycles. The van der Waals surface area contributed by atoms with E-state index >= 15 is 0 Å². The Morgan fingerprint density at radius 2 is 0.786 bits per heavy atom. The lowest BCUT2D eigenvalue weighted by molar-refractivity contribution is 0.414. The Kier molecular flexibility index (Phi) is 8.42. The fourth-order valence-electron chi connectivity index (χ4n) is 4.44. The van der Waals surface area contributed by atoms with Gasteiger partial charge in [-0.05, 0) is 82.9 Å². The second-order valence-electron chi connectivity index (χ2n) is 9.43. The molecule has 42 heavy (non-hydrogen) atoms. The Labute approximate surface area is 248 Å². The highest BCUT2D eigenvalue weighted by Crippen LogP contribution is 2.26. The first-order valence-corrected chi connectivity index (χ1v) is 13.2. The lowest BCUT2D eigenvalue weighted by Crippen LogP contribution is -1.87. The summed E-state index contributed by atoms with van der Waals surface area (Å²) in [6.07, 6.45) is 11.1. The molecule has 2 heteroatoms. The molecule has 5 rings (SSSR count). The van der Waals surface area contributed by atoms with Crippen molar-refractivity contribution in [3.05, 3.63) is 143 Å². The highest BCUT2D eigenvalue weighted by atomic mass is 16.5. The molecule has 0 saturated heterocycles. The Morgan fingerprint density at radius 1 is 0.405 bits per heavy atom. The number of terminal acetylenes is 2. The van der Waals surface area contributed by atoms with E-state index in [1.54, 1.807) is 14.2 Å². The van der Waals surface area contributed by atoms with Crippen molar-refractivity contribution >= 4 is 0 Å². The minimum atomic E-state index is 0.691. The van der Waals surface area contributed by atoms with Crippen molar-refractivity contribution in [2.24, 2.45) is 0 Å². The summed E-state index contributed by atoms with van der Waals surface area (Å²) in [5.41, 5.74) is 9.32. The van der Waals surface area contributed by atoms with Crippen molar-refractivity contribution in [1.82, 2.24) is 0 Å². The number of benzene rings is 5. The first-order valence-electron chi connectivity index (χ1n) is 13.2. The summed E-state index contributed by atoms with van der Waals surface area (Å²) in [4.78, 5) is 0. The second-order valence-corrected chi connectivity index (χ2v) is 9.43. The lowest BCUT2D eigenvalue weighted by atomic mass is 9.98. The standard InChI is InChI=1S/C40H26O2/c1-5-29-21-33(27-39(25-29)41-3)15-13-31-9-7-11-37(23-31)35-17-19-36(20-18-35)38-12-8-10-32(24-38)14-16-34-22-30(6-2)26-40(28-34)42-4/h1-2,7-12,17-28H,3-4H3. The Morgan fingerprint density at radius 3 is 1.17 bits per heavy atom. The molecule has 0 spiro atoms. The van der Waals surface area contributed by atoms with Gasteiger partial charge in [-0.25, -0.2) is 0 Å². The first kappa shape index (κ1) is 27.5. The molecule has 2 nitrogen and oxygen atoms in total. The van der Waals surface area contributed by atoms with Gasteiger partial charge in [0.25, 0.3) is 0 Å². The lowest BCUT2D eigenvalue weighted by Gasteiger charge is -2.06. The molecule has 198 valence electrons. The van der Waals surface area contributed by atoms with Crippen LogP contribution in [-0.4, -0.2) is 14.2 Å². The van der Waals surface area contributed by atoms with Crippen LogP contribution in [0.2, 0.25) is 0 Å². The summed E-state index contributed by atoms with van der Waals surface area (Å²) in [5.74, 6) is 19.6. The Bertz CT molecular complexity index is 1830. The van der Waals surface area contributed by atoms with Crippen LogP contribution in [-0.2, 0) is 0 Å². The van der Waals surface area contributed by atoms with Crippen LogP contribution in [0.1, 0.15) is 33.4 Å². The number of rotatable bonds is 4. The van der Waals surface area contributed by atoms with Crippen LogP contribution in [0.3, 0.4) is 0 Å². The number of hydrogen-bond donors (Lipinski definition) is 0. The van der Waals surface area contributed by atoms with E-state index in [2.05, 4.69) is 84.1 Å². The number of hydrogen-bond acceptors (Lipinski definition) is 2. The quantitative estimate of drug-likeness (QED) is 0.217. The molecule has 0 aromatic heterocycles. The number of ether oxygens (including phenoxy) is 2. The zero-order chi connectivity index (χ0) is 29.3. The third-order valence-corrected chi connectivity index (χ3v) is 6.60. The van der Waals surface area contributed by atoms with Crippen molar-refractivity contribution in [2.45, 2.75) is 0 Å². The van der Waals surface area contributed by atoms with Crippen LogP contribution < -0.4 is 9.47 Å². The van der Waals surface area contributed by atoms with Crippen LogP contribution in [0.15, 0.2) is 109 Å². The molecule has 0 aliphatic rings. The summed E-state index contributed by atoms with van der Waals surface area (Å²) in [6.45, 7) is 0. The van der Waals surface area contributed by atoms with Crippen molar-refractivity contribution in [3.8, 4) is 82.1 Å². The van der Waals surface area contributed by atoms with E-state index in [0.29, 0.717) is 11.5 Å². The minimum absolute atomic E-state index is 0.691. The molecule has 0 amide bonds. The van der Waals surface area contributed by atoms with Crippen LogP contribution in [0.25, 0.3) is 22.3 Å². The highest BCUT2D eigenvalue weighted by molar-refractivity contribution is 5.72. The van der Waals surface area contributed by atoms with Gasteiger partial charge in [0.05, 0.1) is 14.2 Å². The van der Waals surface area contributed by atoms with Crippen molar-refractivity contribution in [2.75, 3.05) is 14.2 Å². The van der Waals surface area contributed by atoms with Gasteiger partial charge >= 0.3 is 0 Å². The van der Waals surface area contributed by atoms with Crippen molar-refractivity contribution < 1.29 is 9.47 Å². The van der Waals surface area contributed by atoms with Gasteiger partial charge in [-0.1, -0.05) is 84.1 Å². The van der Waals surface area contributed by atoms with Crippen molar-refractivity contribution in [3.63, 3.8) is 0 Å². The zero-order valence-corrected chi connectivity index (χ0v) is 23.4. The van der Waals surface area contributed by atoms with Gasteiger partial charge in [0.15, 0.2) is 0 Å².